The number of amides is 2. The molecule has 4 rings (SSSR count). The van der Waals surface area contributed by atoms with Crippen molar-refractivity contribution in [1.82, 2.24) is 10.6 Å². The van der Waals surface area contributed by atoms with Crippen molar-refractivity contribution in [3.05, 3.63) is 72.2 Å². The fraction of sp³-hybridized carbons (Fsp3) is 0.238. The summed E-state index contributed by atoms with van der Waals surface area (Å²) in [5.41, 5.74) is 1.21. The van der Waals surface area contributed by atoms with Crippen LogP contribution in [0.25, 0.3) is 10.8 Å². The zero-order valence-electron chi connectivity index (χ0n) is 14.3. The Morgan fingerprint density at radius 2 is 1.85 bits per heavy atom. The second kappa shape index (κ2) is 7.04. The minimum Gasteiger partial charge on any atom is -0.467 e. The number of hydrogen-bond acceptors (Lipinski definition) is 3. The number of carbonyl (C=O) groups is 2. The molecule has 0 bridgehead atoms. The van der Waals surface area contributed by atoms with E-state index in [1.807, 2.05) is 18.2 Å². The Bertz CT molecular complexity index is 928. The molecule has 1 aliphatic carbocycles. The fourth-order valence-electron chi connectivity index (χ4n) is 3.36. The number of furan rings is 1. The van der Waals surface area contributed by atoms with E-state index >= 15 is 0 Å². The topological polar surface area (TPSA) is 71.3 Å². The van der Waals surface area contributed by atoms with Crippen LogP contribution in [0.5, 0.6) is 0 Å². The van der Waals surface area contributed by atoms with Gasteiger partial charge in [0.25, 0.3) is 0 Å². The number of benzene rings is 2. The van der Waals surface area contributed by atoms with Gasteiger partial charge in [0.15, 0.2) is 0 Å². The van der Waals surface area contributed by atoms with Crippen molar-refractivity contribution in [3.8, 4) is 0 Å². The summed E-state index contributed by atoms with van der Waals surface area (Å²) in [7, 11) is 0. The van der Waals surface area contributed by atoms with Crippen LogP contribution in [-0.2, 0) is 16.1 Å². The first-order chi connectivity index (χ1) is 12.7. The highest BCUT2D eigenvalue weighted by Crippen LogP contribution is 2.49. The summed E-state index contributed by atoms with van der Waals surface area (Å²) in [5, 5.41) is 7.85. The van der Waals surface area contributed by atoms with Crippen LogP contribution in [0, 0.1) is 5.92 Å². The molecule has 1 aliphatic rings. The molecule has 0 unspecified atom stereocenters. The van der Waals surface area contributed by atoms with Crippen LogP contribution in [0.3, 0.4) is 0 Å². The Labute approximate surface area is 151 Å². The molecular weight excluding hydrogens is 328 g/mol. The Balaban J connectivity index is 1.30. The number of hydrogen-bond donors (Lipinski definition) is 2. The van der Waals surface area contributed by atoms with Crippen LogP contribution < -0.4 is 10.6 Å². The van der Waals surface area contributed by atoms with Crippen LogP contribution in [0.15, 0.2) is 65.3 Å². The van der Waals surface area contributed by atoms with Gasteiger partial charge in [-0.25, -0.2) is 0 Å². The molecule has 26 heavy (non-hydrogen) atoms. The summed E-state index contributed by atoms with van der Waals surface area (Å²) < 4.78 is 5.15. The lowest BCUT2D eigenvalue weighted by atomic mass is 10.00. The summed E-state index contributed by atoms with van der Waals surface area (Å²) in [6, 6.07) is 18.0. The monoisotopic (exact) mass is 348 g/mol. The SMILES string of the molecule is O=C(CNC(=O)[C@@H]1C[C@H]1c1cccc2ccccc12)NCc1ccco1. The van der Waals surface area contributed by atoms with Gasteiger partial charge in [0.2, 0.25) is 11.8 Å². The molecule has 1 saturated carbocycles. The average Bonchev–Trinajstić information content (AvgIpc) is 3.30. The van der Waals surface area contributed by atoms with E-state index in [1.165, 1.54) is 16.3 Å². The number of fused-ring (bicyclic) bond motifs is 1. The standard InChI is InChI=1S/C21H20N2O3/c24-20(22-12-15-7-4-10-26-15)13-23-21(25)19-11-18(19)17-9-3-6-14-5-1-2-8-16(14)17/h1-10,18-19H,11-13H2,(H,22,24)(H,23,25)/t18-,19+/m0/s1. The fourth-order valence-corrected chi connectivity index (χ4v) is 3.36. The summed E-state index contributed by atoms with van der Waals surface area (Å²) in [6.07, 6.45) is 2.39. The predicted octanol–water partition coefficient (Wildman–Crippen LogP) is 2.97. The molecule has 5 nitrogen and oxygen atoms in total. The molecule has 2 atom stereocenters. The molecule has 2 N–H and O–H groups in total. The van der Waals surface area contributed by atoms with Crippen LogP contribution in [0.4, 0.5) is 0 Å². The van der Waals surface area contributed by atoms with Crippen molar-refractivity contribution < 1.29 is 14.0 Å². The van der Waals surface area contributed by atoms with Crippen LogP contribution in [0.1, 0.15) is 23.7 Å². The smallest absolute Gasteiger partial charge is 0.239 e. The van der Waals surface area contributed by atoms with Gasteiger partial charge in [0, 0.05) is 5.92 Å². The Kier molecular flexibility index (Phi) is 4.44. The molecule has 0 aliphatic heterocycles. The van der Waals surface area contributed by atoms with E-state index in [0.717, 1.165) is 6.42 Å². The van der Waals surface area contributed by atoms with Gasteiger partial charge in [0.1, 0.15) is 5.76 Å². The Morgan fingerprint density at radius 3 is 2.69 bits per heavy atom. The zero-order valence-corrected chi connectivity index (χ0v) is 14.3. The third-order valence-electron chi connectivity index (χ3n) is 4.81. The van der Waals surface area contributed by atoms with Gasteiger partial charge in [0.05, 0.1) is 19.4 Å². The maximum absolute atomic E-state index is 12.4. The van der Waals surface area contributed by atoms with Crippen molar-refractivity contribution in [3.63, 3.8) is 0 Å². The second-order valence-corrected chi connectivity index (χ2v) is 6.59. The van der Waals surface area contributed by atoms with E-state index in [9.17, 15) is 9.59 Å². The lowest BCUT2D eigenvalue weighted by Crippen LogP contribution is -2.37. The highest BCUT2D eigenvalue weighted by molar-refractivity contribution is 5.91. The minimum atomic E-state index is -0.225. The Morgan fingerprint density at radius 1 is 1.00 bits per heavy atom. The van der Waals surface area contributed by atoms with Crippen molar-refractivity contribution in [2.45, 2.75) is 18.9 Å². The normalized spacial score (nSPS) is 18.5. The quantitative estimate of drug-likeness (QED) is 0.719. The first kappa shape index (κ1) is 16.4. The van der Waals surface area contributed by atoms with Crippen LogP contribution in [-0.4, -0.2) is 18.4 Å². The average molecular weight is 348 g/mol. The molecule has 3 aromatic rings. The van der Waals surface area contributed by atoms with E-state index in [1.54, 1.807) is 18.4 Å². The third-order valence-corrected chi connectivity index (χ3v) is 4.81. The third kappa shape index (κ3) is 3.47. The van der Waals surface area contributed by atoms with Gasteiger partial charge in [-0.1, -0.05) is 42.5 Å². The lowest BCUT2D eigenvalue weighted by Gasteiger charge is -2.07. The van der Waals surface area contributed by atoms with Gasteiger partial charge in [-0.3, -0.25) is 9.59 Å². The van der Waals surface area contributed by atoms with Gasteiger partial charge < -0.3 is 15.1 Å². The first-order valence-electron chi connectivity index (χ1n) is 8.77. The van der Waals surface area contributed by atoms with Crippen molar-refractivity contribution in [1.29, 1.82) is 0 Å². The largest absolute Gasteiger partial charge is 0.467 e. The van der Waals surface area contributed by atoms with E-state index < -0.39 is 0 Å². The molecule has 1 fully saturated rings. The molecular formula is C21H20N2O3. The second-order valence-electron chi connectivity index (χ2n) is 6.59. The van der Waals surface area contributed by atoms with Crippen molar-refractivity contribution in [2.75, 3.05) is 6.54 Å². The number of rotatable bonds is 6. The van der Waals surface area contributed by atoms with Gasteiger partial charge in [-0.15, -0.1) is 0 Å². The molecule has 1 heterocycles. The molecule has 0 saturated heterocycles. The molecule has 2 amide bonds. The lowest BCUT2D eigenvalue weighted by molar-refractivity contribution is -0.126. The highest BCUT2D eigenvalue weighted by Gasteiger charge is 2.44. The van der Waals surface area contributed by atoms with Crippen LogP contribution in [0.2, 0.25) is 0 Å². The molecule has 5 heteroatoms. The summed E-state index contributed by atoms with van der Waals surface area (Å²) in [5.74, 6) is 0.571. The summed E-state index contributed by atoms with van der Waals surface area (Å²) >= 11 is 0. The van der Waals surface area contributed by atoms with E-state index in [2.05, 4.69) is 34.9 Å². The van der Waals surface area contributed by atoms with E-state index in [0.29, 0.717) is 12.3 Å². The first-order valence-corrected chi connectivity index (χ1v) is 8.77. The molecule has 1 aromatic heterocycles. The van der Waals surface area contributed by atoms with Gasteiger partial charge in [-0.05, 0) is 40.8 Å². The van der Waals surface area contributed by atoms with E-state index in [-0.39, 0.29) is 30.2 Å². The minimum absolute atomic E-state index is 0.0156. The van der Waals surface area contributed by atoms with Crippen LogP contribution >= 0.6 is 0 Å². The maximum atomic E-state index is 12.4. The van der Waals surface area contributed by atoms with Gasteiger partial charge >= 0.3 is 0 Å². The molecule has 0 radical (unpaired) electrons. The molecule has 132 valence electrons. The van der Waals surface area contributed by atoms with Crippen molar-refractivity contribution in [2.24, 2.45) is 5.92 Å². The highest BCUT2D eigenvalue weighted by atomic mass is 16.3. The maximum Gasteiger partial charge on any atom is 0.239 e. The van der Waals surface area contributed by atoms with Crippen molar-refractivity contribution >= 4 is 22.6 Å². The predicted molar refractivity (Wildman–Crippen MR) is 98.4 cm³/mol. The van der Waals surface area contributed by atoms with Gasteiger partial charge in [-0.2, -0.15) is 0 Å². The number of carbonyl (C=O) groups excluding carboxylic acids is 2. The zero-order chi connectivity index (χ0) is 17.9. The summed E-state index contributed by atoms with van der Waals surface area (Å²) in [4.78, 5) is 24.2. The Hall–Kier alpha value is -3.08. The molecule has 2 aromatic carbocycles. The number of nitrogens with one attached hydrogen (secondary N) is 2. The molecule has 0 spiro atoms. The summed E-state index contributed by atoms with van der Waals surface area (Å²) in [6.45, 7) is 0.308. The van der Waals surface area contributed by atoms with E-state index in [4.69, 9.17) is 4.42 Å².